The fraction of sp³-hybridized carbons (Fsp3) is 0.750. The maximum absolute atomic E-state index is 5.62. The molecule has 0 aromatic heterocycles. The summed E-state index contributed by atoms with van der Waals surface area (Å²) in [7, 11) is 5.62. The average molecular weight is 254 g/mol. The molecule has 0 aromatic carbocycles. The zero-order valence-electron chi connectivity index (χ0n) is 6.98. The molecule has 1 nitrogen and oxygen atoms in total. The van der Waals surface area contributed by atoms with E-state index in [2.05, 4.69) is 13.5 Å². The van der Waals surface area contributed by atoms with Crippen LogP contribution in [0.3, 0.4) is 0 Å². The molecule has 0 radical (unpaired) electrons. The summed E-state index contributed by atoms with van der Waals surface area (Å²) < 4.78 is 5.45. The van der Waals surface area contributed by atoms with Gasteiger partial charge in [0.2, 0.25) is 0 Å². The quantitative estimate of drug-likeness (QED) is 0.633. The van der Waals surface area contributed by atoms with Crippen LogP contribution in [-0.4, -0.2) is 6.10 Å². The van der Waals surface area contributed by atoms with E-state index < -0.39 is 22.5 Å². The van der Waals surface area contributed by atoms with E-state index in [9.17, 15) is 0 Å². The van der Waals surface area contributed by atoms with Crippen LogP contribution in [0.2, 0.25) is 0 Å². The van der Waals surface area contributed by atoms with Crippen LogP contribution >= 0.6 is 8.51 Å². The van der Waals surface area contributed by atoms with E-state index in [0.29, 0.717) is 6.10 Å². The third kappa shape index (κ3) is 7.24. The third-order valence-corrected chi connectivity index (χ3v) is 3.09. The second-order valence-electron chi connectivity index (χ2n) is 2.48. The van der Waals surface area contributed by atoms with Crippen LogP contribution in [0.15, 0.2) is 12.7 Å². The first kappa shape index (κ1) is 11.9. The van der Waals surface area contributed by atoms with E-state index in [0.717, 1.165) is 12.8 Å². The van der Waals surface area contributed by atoms with Crippen LogP contribution in [-0.2, 0) is 25.3 Å². The Hall–Kier alpha value is 0.873. The van der Waals surface area contributed by atoms with E-state index in [1.54, 1.807) is 0 Å². The van der Waals surface area contributed by atoms with Crippen molar-refractivity contribution in [3.05, 3.63) is 12.7 Å². The number of hydrogen-bond acceptors (Lipinski definition) is 1. The maximum atomic E-state index is 5.62. The molecule has 64 valence electrons. The van der Waals surface area contributed by atoms with Crippen LogP contribution < -0.4 is 0 Å². The molecule has 0 aliphatic carbocycles. The van der Waals surface area contributed by atoms with E-state index in [1.807, 2.05) is 6.08 Å². The minimum atomic E-state index is -0.993. The Morgan fingerprint density at radius 2 is 2.45 bits per heavy atom. The molecule has 11 heavy (non-hydrogen) atoms. The fourth-order valence-electron chi connectivity index (χ4n) is 0.906. The van der Waals surface area contributed by atoms with E-state index in [1.165, 1.54) is 12.8 Å². The van der Waals surface area contributed by atoms with Crippen LogP contribution in [0, 0.1) is 0 Å². The van der Waals surface area contributed by atoms with Gasteiger partial charge in [-0.2, -0.15) is 0 Å². The number of rotatable bonds is 7. The van der Waals surface area contributed by atoms with Gasteiger partial charge in [-0.3, -0.25) is 0 Å². The summed E-state index contributed by atoms with van der Waals surface area (Å²) in [6.07, 6.45) is 6.81. The topological polar surface area (TPSA) is 9.23 Å². The summed E-state index contributed by atoms with van der Waals surface area (Å²) >= 11 is -0.993. The summed E-state index contributed by atoms with van der Waals surface area (Å²) in [5, 5.41) is 0. The molecule has 1 atom stereocenters. The number of unbranched alkanes of at least 4 members (excludes halogenated alkanes) is 1. The standard InChI is InChI=1S/C8H15O.ClH.Zr/c1-3-5-7-8(9)6-4-2;;/h4,8H,2-3,5-7H2,1H3;1H;/q-1;;+2/p-1. The Bertz CT molecular complexity index is 98.1. The molecule has 3 heteroatoms. The molecule has 0 heterocycles. The van der Waals surface area contributed by atoms with Crippen molar-refractivity contribution in [1.82, 2.24) is 0 Å². The Labute approximate surface area is 84.9 Å². The SMILES string of the molecule is C=CCC(CCCC)[O][Zr][Cl]. The second kappa shape index (κ2) is 8.97. The molecule has 0 saturated heterocycles. The normalized spacial score (nSPS) is 12.5. The average Bonchev–Trinajstić information content (AvgIpc) is 2.01. The van der Waals surface area contributed by atoms with Gasteiger partial charge in [-0.05, 0) is 0 Å². The molecule has 0 rings (SSSR count). The van der Waals surface area contributed by atoms with Gasteiger partial charge in [0.25, 0.3) is 0 Å². The Kier molecular flexibility index (Phi) is 9.68. The van der Waals surface area contributed by atoms with Crippen molar-refractivity contribution in [1.29, 1.82) is 0 Å². The molecule has 1 unspecified atom stereocenters. The van der Waals surface area contributed by atoms with E-state index in [4.69, 9.17) is 11.3 Å². The molecule has 0 saturated carbocycles. The summed E-state index contributed by atoms with van der Waals surface area (Å²) in [6, 6.07) is 0. The van der Waals surface area contributed by atoms with Gasteiger partial charge in [-0.15, -0.1) is 0 Å². The van der Waals surface area contributed by atoms with Crippen molar-refractivity contribution < 1.29 is 25.3 Å². The molecule has 0 bridgehead atoms. The summed E-state index contributed by atoms with van der Waals surface area (Å²) in [6.45, 7) is 5.87. The van der Waals surface area contributed by atoms with Crippen molar-refractivity contribution in [2.24, 2.45) is 0 Å². The fourth-order valence-corrected chi connectivity index (χ4v) is 2.49. The Balaban J connectivity index is 3.41. The van der Waals surface area contributed by atoms with Gasteiger partial charge in [0.1, 0.15) is 0 Å². The summed E-state index contributed by atoms with van der Waals surface area (Å²) in [5.41, 5.74) is 0. The molecule has 0 fully saturated rings. The Morgan fingerprint density at radius 1 is 1.73 bits per heavy atom. The zero-order chi connectivity index (χ0) is 8.53. The molecular formula is C8H15ClOZr. The van der Waals surface area contributed by atoms with Crippen LogP contribution in [0.5, 0.6) is 0 Å². The van der Waals surface area contributed by atoms with Gasteiger partial charge in [0.05, 0.1) is 0 Å². The van der Waals surface area contributed by atoms with Crippen molar-refractivity contribution >= 4 is 8.51 Å². The molecule has 0 spiro atoms. The van der Waals surface area contributed by atoms with Crippen molar-refractivity contribution in [3.8, 4) is 0 Å². The van der Waals surface area contributed by atoms with Crippen LogP contribution in [0.4, 0.5) is 0 Å². The molecule has 0 N–H and O–H groups in total. The van der Waals surface area contributed by atoms with Gasteiger partial charge in [0.15, 0.2) is 0 Å². The monoisotopic (exact) mass is 252 g/mol. The zero-order valence-corrected chi connectivity index (χ0v) is 10.2. The first-order valence-corrected chi connectivity index (χ1v) is 8.14. The van der Waals surface area contributed by atoms with Crippen molar-refractivity contribution in [2.45, 2.75) is 38.7 Å². The van der Waals surface area contributed by atoms with Crippen LogP contribution in [0.1, 0.15) is 32.6 Å². The third-order valence-electron chi connectivity index (χ3n) is 1.52. The predicted octanol–water partition coefficient (Wildman–Crippen LogP) is 3.29. The summed E-state index contributed by atoms with van der Waals surface area (Å²) in [5.74, 6) is 0. The summed E-state index contributed by atoms with van der Waals surface area (Å²) in [4.78, 5) is 0. The van der Waals surface area contributed by atoms with Gasteiger partial charge >= 0.3 is 85.2 Å². The number of hydrogen-bond donors (Lipinski definition) is 0. The van der Waals surface area contributed by atoms with Crippen LogP contribution in [0.25, 0.3) is 0 Å². The minimum absolute atomic E-state index is 0.358. The van der Waals surface area contributed by atoms with Gasteiger partial charge in [0, 0.05) is 0 Å². The predicted molar refractivity (Wildman–Crippen MR) is 45.1 cm³/mol. The molecular weight excluding hydrogens is 239 g/mol. The van der Waals surface area contributed by atoms with Crippen molar-refractivity contribution in [2.75, 3.05) is 0 Å². The van der Waals surface area contributed by atoms with Gasteiger partial charge in [-0.25, -0.2) is 0 Å². The second-order valence-corrected chi connectivity index (χ2v) is 4.36. The first-order chi connectivity index (χ1) is 5.35. The number of halogens is 1. The molecule has 0 aliphatic rings. The van der Waals surface area contributed by atoms with E-state index >= 15 is 0 Å². The molecule has 0 aromatic rings. The van der Waals surface area contributed by atoms with Gasteiger partial charge < -0.3 is 0 Å². The molecule has 0 amide bonds. The van der Waals surface area contributed by atoms with Crippen molar-refractivity contribution in [3.63, 3.8) is 0 Å². The van der Waals surface area contributed by atoms with Gasteiger partial charge in [-0.1, -0.05) is 0 Å². The Morgan fingerprint density at radius 3 is 2.91 bits per heavy atom. The molecule has 0 aliphatic heterocycles. The first-order valence-electron chi connectivity index (χ1n) is 3.97. The van der Waals surface area contributed by atoms with E-state index in [-0.39, 0.29) is 0 Å².